The quantitative estimate of drug-likeness (QED) is 0.709. The molecule has 1 aromatic rings. The Kier molecular flexibility index (Phi) is 5.96. The Morgan fingerprint density at radius 1 is 1.32 bits per heavy atom. The van der Waals surface area contributed by atoms with E-state index in [1.807, 2.05) is 30.3 Å². The summed E-state index contributed by atoms with van der Waals surface area (Å²) in [5.74, 6) is 1.19. The van der Waals surface area contributed by atoms with Gasteiger partial charge in [-0.25, -0.2) is 0 Å². The van der Waals surface area contributed by atoms with E-state index < -0.39 is 5.97 Å². The lowest BCUT2D eigenvalue weighted by atomic mass is 10.2. The van der Waals surface area contributed by atoms with Gasteiger partial charge in [-0.1, -0.05) is 24.1 Å². The van der Waals surface area contributed by atoms with Gasteiger partial charge in [-0.15, -0.1) is 6.42 Å². The number of carbonyl (C=O) groups excluding carboxylic acids is 1. The third kappa shape index (κ3) is 5.59. The van der Waals surface area contributed by atoms with Crippen molar-refractivity contribution in [2.24, 2.45) is 0 Å². The van der Waals surface area contributed by atoms with Gasteiger partial charge in [0, 0.05) is 12.2 Å². The molecule has 19 heavy (non-hydrogen) atoms. The number of nitrogens with zero attached hydrogens (tertiary/aromatic N) is 1. The van der Waals surface area contributed by atoms with Crippen molar-refractivity contribution in [3.63, 3.8) is 0 Å². The average Bonchev–Trinajstić information content (AvgIpc) is 2.42. The summed E-state index contributed by atoms with van der Waals surface area (Å²) in [6, 6.07) is 9.19. The number of nitrogens with one attached hydrogen (secondary N) is 1. The first kappa shape index (κ1) is 14.6. The zero-order valence-electron chi connectivity index (χ0n) is 10.5. The van der Waals surface area contributed by atoms with Crippen LogP contribution in [0.15, 0.2) is 30.3 Å². The highest BCUT2D eigenvalue weighted by Crippen LogP contribution is 2.13. The molecule has 0 aliphatic rings. The number of anilines is 1. The van der Waals surface area contributed by atoms with Gasteiger partial charge in [0.25, 0.3) is 0 Å². The van der Waals surface area contributed by atoms with E-state index in [0.29, 0.717) is 0 Å². The summed E-state index contributed by atoms with van der Waals surface area (Å²) < 4.78 is 0. The fourth-order valence-corrected chi connectivity index (χ4v) is 1.55. The van der Waals surface area contributed by atoms with Crippen LogP contribution >= 0.6 is 0 Å². The van der Waals surface area contributed by atoms with Gasteiger partial charge in [0.15, 0.2) is 0 Å². The van der Waals surface area contributed by atoms with E-state index >= 15 is 0 Å². The number of carbonyl (C=O) groups is 2. The Morgan fingerprint density at radius 2 is 2.00 bits per heavy atom. The topological polar surface area (TPSA) is 69.6 Å². The van der Waals surface area contributed by atoms with Crippen LogP contribution < -0.4 is 10.2 Å². The molecule has 0 unspecified atom stereocenters. The van der Waals surface area contributed by atoms with Crippen LogP contribution in [0.3, 0.4) is 0 Å². The van der Waals surface area contributed by atoms with Gasteiger partial charge in [0.1, 0.15) is 0 Å². The zero-order chi connectivity index (χ0) is 14.1. The number of hydrogen-bond donors (Lipinski definition) is 2. The minimum Gasteiger partial charge on any atom is -0.481 e. The van der Waals surface area contributed by atoms with Gasteiger partial charge >= 0.3 is 5.97 Å². The van der Waals surface area contributed by atoms with Gasteiger partial charge in [-0.2, -0.15) is 0 Å². The van der Waals surface area contributed by atoms with Crippen LogP contribution in [0.1, 0.15) is 6.42 Å². The van der Waals surface area contributed by atoms with Crippen LogP contribution in [0, 0.1) is 12.3 Å². The smallest absolute Gasteiger partial charge is 0.305 e. The normalized spacial score (nSPS) is 9.42. The minimum atomic E-state index is -0.898. The maximum atomic E-state index is 11.6. The number of para-hydroxylation sites is 1. The number of benzene rings is 1. The second kappa shape index (κ2) is 7.77. The van der Waals surface area contributed by atoms with Crippen molar-refractivity contribution in [2.75, 3.05) is 24.5 Å². The van der Waals surface area contributed by atoms with Crippen LogP contribution in [-0.4, -0.2) is 36.6 Å². The molecule has 0 saturated carbocycles. The van der Waals surface area contributed by atoms with Crippen molar-refractivity contribution in [3.05, 3.63) is 30.3 Å². The van der Waals surface area contributed by atoms with Crippen molar-refractivity contribution in [1.82, 2.24) is 5.32 Å². The largest absolute Gasteiger partial charge is 0.481 e. The lowest BCUT2D eigenvalue weighted by Crippen LogP contribution is -2.38. The van der Waals surface area contributed by atoms with Crippen molar-refractivity contribution in [2.45, 2.75) is 6.42 Å². The molecule has 0 aliphatic carbocycles. The standard InChI is InChI=1S/C14H16N2O3/c1-2-9-15-13(17)11-16(10-8-14(18)19)12-6-4-3-5-7-12/h1,3-7H,8-11H2,(H,15,17)(H,18,19). The monoisotopic (exact) mass is 260 g/mol. The van der Waals surface area contributed by atoms with E-state index in [9.17, 15) is 9.59 Å². The summed E-state index contributed by atoms with van der Waals surface area (Å²) >= 11 is 0. The fourth-order valence-electron chi connectivity index (χ4n) is 1.55. The number of carboxylic acids is 1. The maximum Gasteiger partial charge on any atom is 0.305 e. The highest BCUT2D eigenvalue weighted by atomic mass is 16.4. The first-order chi connectivity index (χ1) is 9.13. The van der Waals surface area contributed by atoms with E-state index in [1.54, 1.807) is 4.90 Å². The molecule has 0 heterocycles. The molecule has 0 radical (unpaired) electrons. The SMILES string of the molecule is C#CCNC(=O)CN(CCC(=O)O)c1ccccc1. The number of terminal acetylenes is 1. The zero-order valence-corrected chi connectivity index (χ0v) is 10.5. The number of amides is 1. The molecule has 5 nitrogen and oxygen atoms in total. The molecule has 2 N–H and O–H groups in total. The lowest BCUT2D eigenvalue weighted by molar-refractivity contribution is -0.136. The third-order valence-electron chi connectivity index (χ3n) is 2.44. The summed E-state index contributed by atoms with van der Waals surface area (Å²) in [5.41, 5.74) is 0.805. The second-order valence-electron chi connectivity index (χ2n) is 3.88. The minimum absolute atomic E-state index is 0.0304. The number of rotatable bonds is 7. The van der Waals surface area contributed by atoms with Gasteiger partial charge in [0.05, 0.1) is 19.5 Å². The Hall–Kier alpha value is -2.48. The molecule has 5 heteroatoms. The molecule has 0 fully saturated rings. The van der Waals surface area contributed by atoms with Gasteiger partial charge < -0.3 is 15.3 Å². The predicted molar refractivity (Wildman–Crippen MR) is 72.8 cm³/mol. The molecule has 0 atom stereocenters. The van der Waals surface area contributed by atoms with E-state index in [4.69, 9.17) is 11.5 Å². The molecule has 0 saturated heterocycles. The van der Waals surface area contributed by atoms with Crippen molar-refractivity contribution >= 4 is 17.6 Å². The molecular formula is C14H16N2O3. The van der Waals surface area contributed by atoms with Gasteiger partial charge in [-0.05, 0) is 12.1 Å². The Morgan fingerprint density at radius 3 is 2.58 bits per heavy atom. The van der Waals surface area contributed by atoms with E-state index in [2.05, 4.69) is 11.2 Å². The van der Waals surface area contributed by atoms with Crippen LogP contribution in [0.5, 0.6) is 0 Å². The molecule has 0 bridgehead atoms. The molecule has 100 valence electrons. The number of aliphatic carboxylic acids is 1. The fraction of sp³-hybridized carbons (Fsp3) is 0.286. The second-order valence-corrected chi connectivity index (χ2v) is 3.88. The first-order valence-electron chi connectivity index (χ1n) is 5.85. The van der Waals surface area contributed by atoms with Crippen LogP contribution in [0.4, 0.5) is 5.69 Å². The van der Waals surface area contributed by atoms with Crippen molar-refractivity contribution in [1.29, 1.82) is 0 Å². The van der Waals surface area contributed by atoms with Gasteiger partial charge in [-0.3, -0.25) is 9.59 Å². The van der Waals surface area contributed by atoms with Crippen LogP contribution in [-0.2, 0) is 9.59 Å². The van der Waals surface area contributed by atoms with E-state index in [1.165, 1.54) is 0 Å². The number of hydrogen-bond acceptors (Lipinski definition) is 3. The third-order valence-corrected chi connectivity index (χ3v) is 2.44. The Bertz CT molecular complexity index is 465. The van der Waals surface area contributed by atoms with Crippen molar-refractivity contribution in [3.8, 4) is 12.3 Å². The predicted octanol–water partition coefficient (Wildman–Crippen LogP) is 0.717. The van der Waals surface area contributed by atoms with E-state index in [-0.39, 0.29) is 32.0 Å². The maximum absolute atomic E-state index is 11.6. The average molecular weight is 260 g/mol. The summed E-state index contributed by atoms with van der Waals surface area (Å²) in [4.78, 5) is 24.0. The highest BCUT2D eigenvalue weighted by Gasteiger charge is 2.12. The first-order valence-corrected chi connectivity index (χ1v) is 5.85. The molecule has 1 rings (SSSR count). The van der Waals surface area contributed by atoms with Gasteiger partial charge in [0.2, 0.25) is 5.91 Å². The summed E-state index contributed by atoms with van der Waals surface area (Å²) in [7, 11) is 0. The van der Waals surface area contributed by atoms with Crippen molar-refractivity contribution < 1.29 is 14.7 Å². The molecule has 0 aromatic heterocycles. The summed E-state index contributed by atoms with van der Waals surface area (Å²) in [6.07, 6.45) is 5.03. The Balaban J connectivity index is 2.67. The van der Waals surface area contributed by atoms with Crippen LogP contribution in [0.25, 0.3) is 0 Å². The Labute approximate surface area is 112 Å². The molecule has 0 spiro atoms. The summed E-state index contributed by atoms with van der Waals surface area (Å²) in [5, 5.41) is 11.3. The lowest BCUT2D eigenvalue weighted by Gasteiger charge is -2.23. The summed E-state index contributed by atoms with van der Waals surface area (Å²) in [6.45, 7) is 0.516. The molecule has 1 amide bonds. The molecular weight excluding hydrogens is 244 g/mol. The molecule has 1 aromatic carbocycles. The number of carboxylic acid groups (broad SMARTS) is 1. The molecule has 0 aliphatic heterocycles. The highest BCUT2D eigenvalue weighted by molar-refractivity contribution is 5.81. The van der Waals surface area contributed by atoms with E-state index in [0.717, 1.165) is 5.69 Å². The van der Waals surface area contributed by atoms with Crippen LogP contribution in [0.2, 0.25) is 0 Å².